The molecule has 0 fully saturated rings. The van der Waals surface area contributed by atoms with Gasteiger partial charge in [0.1, 0.15) is 11.5 Å². The molecule has 0 aromatic carbocycles. The minimum atomic E-state index is -0.301. The number of rotatable bonds is 3. The van der Waals surface area contributed by atoms with Crippen molar-refractivity contribution in [1.29, 1.82) is 0 Å². The van der Waals surface area contributed by atoms with Crippen LogP contribution in [-0.4, -0.2) is 26.5 Å². The quantitative estimate of drug-likeness (QED) is 0.740. The van der Waals surface area contributed by atoms with E-state index in [1.54, 1.807) is 13.0 Å². The third kappa shape index (κ3) is 2.19. The Bertz CT molecular complexity index is 447. The number of hydrogen-bond donors (Lipinski definition) is 2. The van der Waals surface area contributed by atoms with Gasteiger partial charge >= 0.3 is 0 Å². The van der Waals surface area contributed by atoms with Crippen LogP contribution < -0.4 is 5.32 Å². The lowest BCUT2D eigenvalue weighted by molar-refractivity contribution is 0.0945. The number of carbonyl (C=O) groups excluding carboxylic acids is 1. The molecule has 2 N–H and O–H groups in total. The maximum absolute atomic E-state index is 11.4. The highest BCUT2D eigenvalue weighted by Crippen LogP contribution is 2.01. The number of hydrogen-bond acceptors (Lipinski definition) is 5. The van der Waals surface area contributed by atoms with Gasteiger partial charge in [-0.25, -0.2) is 0 Å². The second kappa shape index (κ2) is 3.91. The van der Waals surface area contributed by atoms with Gasteiger partial charge in [0.05, 0.1) is 12.7 Å². The van der Waals surface area contributed by atoms with Crippen LogP contribution in [0.5, 0.6) is 0 Å². The van der Waals surface area contributed by atoms with Crippen molar-refractivity contribution in [3.8, 4) is 0 Å². The van der Waals surface area contributed by atoms with Crippen molar-refractivity contribution in [2.24, 2.45) is 0 Å². The molecule has 15 heavy (non-hydrogen) atoms. The number of aromatic nitrogens is 4. The molecular weight excluding hydrogens is 198 g/mol. The van der Waals surface area contributed by atoms with Gasteiger partial charge in [0, 0.05) is 6.07 Å². The van der Waals surface area contributed by atoms with E-state index in [1.807, 2.05) is 0 Å². The van der Waals surface area contributed by atoms with E-state index in [-0.39, 0.29) is 11.6 Å². The smallest absolute Gasteiger partial charge is 0.273 e. The summed E-state index contributed by atoms with van der Waals surface area (Å²) in [5.41, 5.74) is 0.916. The zero-order valence-corrected chi connectivity index (χ0v) is 8.02. The van der Waals surface area contributed by atoms with Crippen LogP contribution in [0.25, 0.3) is 0 Å². The Hall–Kier alpha value is -2.18. The number of nitrogens with zero attached hydrogens (tertiary/aromatic N) is 3. The van der Waals surface area contributed by atoms with Gasteiger partial charge < -0.3 is 9.84 Å². The van der Waals surface area contributed by atoms with E-state index in [0.717, 1.165) is 0 Å². The molecule has 2 heterocycles. The zero-order chi connectivity index (χ0) is 10.7. The molecule has 1 amide bonds. The largest absolute Gasteiger partial charge is 0.361 e. The van der Waals surface area contributed by atoms with Gasteiger partial charge in [0.2, 0.25) is 0 Å². The summed E-state index contributed by atoms with van der Waals surface area (Å²) in [6.07, 6.45) is 1.35. The summed E-state index contributed by atoms with van der Waals surface area (Å²) < 4.78 is 4.85. The summed E-state index contributed by atoms with van der Waals surface area (Å²) in [6, 6.07) is 1.75. The van der Waals surface area contributed by atoms with Crippen molar-refractivity contribution >= 4 is 5.91 Å². The predicted molar refractivity (Wildman–Crippen MR) is 48.8 cm³/mol. The first-order chi connectivity index (χ1) is 7.25. The molecule has 7 heteroatoms. The summed E-state index contributed by atoms with van der Waals surface area (Å²) >= 11 is 0. The molecule has 0 aliphatic rings. The highest BCUT2D eigenvalue weighted by Gasteiger charge is 2.08. The van der Waals surface area contributed by atoms with Crippen LogP contribution >= 0.6 is 0 Å². The number of carbonyl (C=O) groups is 1. The predicted octanol–water partition coefficient (Wildman–Crippen LogP) is 0.0311. The number of amides is 1. The lowest BCUT2D eigenvalue weighted by Gasteiger charge is -1.97. The zero-order valence-electron chi connectivity index (χ0n) is 8.02. The fourth-order valence-electron chi connectivity index (χ4n) is 1.07. The summed E-state index contributed by atoms with van der Waals surface area (Å²) in [4.78, 5) is 11.4. The van der Waals surface area contributed by atoms with Crippen LogP contribution in [-0.2, 0) is 6.54 Å². The Kier molecular flexibility index (Phi) is 2.44. The van der Waals surface area contributed by atoms with E-state index in [4.69, 9.17) is 4.52 Å². The lowest BCUT2D eigenvalue weighted by atomic mass is 10.3. The van der Waals surface area contributed by atoms with Gasteiger partial charge in [-0.2, -0.15) is 15.4 Å². The van der Waals surface area contributed by atoms with E-state index in [9.17, 15) is 4.79 Å². The van der Waals surface area contributed by atoms with E-state index in [1.165, 1.54) is 6.20 Å². The molecule has 0 saturated heterocycles. The number of nitrogens with one attached hydrogen (secondary N) is 2. The van der Waals surface area contributed by atoms with Gasteiger partial charge in [0.25, 0.3) is 5.91 Å². The van der Waals surface area contributed by atoms with Crippen LogP contribution in [0.2, 0.25) is 0 Å². The van der Waals surface area contributed by atoms with Crippen LogP contribution in [0, 0.1) is 6.92 Å². The molecule has 0 bridgehead atoms. The molecule has 2 aromatic heterocycles. The summed E-state index contributed by atoms with van der Waals surface area (Å²) in [5.74, 6) is 0.407. The van der Waals surface area contributed by atoms with Crippen molar-refractivity contribution in [2.45, 2.75) is 13.5 Å². The molecule has 0 saturated carbocycles. The average Bonchev–Trinajstić information content (AvgIpc) is 2.84. The lowest BCUT2D eigenvalue weighted by Crippen LogP contribution is -2.23. The first-order valence-electron chi connectivity index (χ1n) is 4.32. The minimum absolute atomic E-state index is 0.246. The van der Waals surface area contributed by atoms with Crippen LogP contribution in [0.4, 0.5) is 0 Å². The molecule has 0 spiro atoms. The standard InChI is InChI=1S/C8H9N5O2/c1-5-2-6(12-15-5)3-9-8(14)7-4-10-13-11-7/h2,4H,3H2,1H3,(H,9,14)(H,10,11,13). The maximum Gasteiger partial charge on any atom is 0.273 e. The summed E-state index contributed by atoms with van der Waals surface area (Å²) in [5, 5.41) is 15.9. The Balaban J connectivity index is 1.91. The molecule has 7 nitrogen and oxygen atoms in total. The molecule has 2 aromatic rings. The normalized spacial score (nSPS) is 10.2. The highest BCUT2D eigenvalue weighted by molar-refractivity contribution is 5.91. The molecule has 0 unspecified atom stereocenters. The summed E-state index contributed by atoms with van der Waals surface area (Å²) in [7, 11) is 0. The van der Waals surface area contributed by atoms with E-state index in [0.29, 0.717) is 18.0 Å². The third-order valence-corrected chi connectivity index (χ3v) is 1.75. The number of aryl methyl sites for hydroxylation is 1. The fourth-order valence-corrected chi connectivity index (χ4v) is 1.07. The highest BCUT2D eigenvalue weighted by atomic mass is 16.5. The first-order valence-corrected chi connectivity index (χ1v) is 4.32. The Morgan fingerprint density at radius 3 is 3.13 bits per heavy atom. The molecular formula is C8H9N5O2. The van der Waals surface area contributed by atoms with Crippen LogP contribution in [0.1, 0.15) is 21.9 Å². The Morgan fingerprint density at radius 2 is 2.53 bits per heavy atom. The van der Waals surface area contributed by atoms with Crippen molar-refractivity contribution in [3.63, 3.8) is 0 Å². The second-order valence-corrected chi connectivity index (χ2v) is 2.97. The maximum atomic E-state index is 11.4. The van der Waals surface area contributed by atoms with E-state index < -0.39 is 0 Å². The minimum Gasteiger partial charge on any atom is -0.361 e. The van der Waals surface area contributed by atoms with Crippen molar-refractivity contribution in [2.75, 3.05) is 0 Å². The topological polar surface area (TPSA) is 96.7 Å². The van der Waals surface area contributed by atoms with Gasteiger partial charge in [0.15, 0.2) is 5.69 Å². The average molecular weight is 207 g/mol. The van der Waals surface area contributed by atoms with E-state index in [2.05, 4.69) is 25.9 Å². The molecule has 0 aliphatic heterocycles. The Morgan fingerprint density at radius 1 is 1.67 bits per heavy atom. The molecule has 0 atom stereocenters. The Labute approximate surface area is 84.8 Å². The van der Waals surface area contributed by atoms with Crippen molar-refractivity contribution in [3.05, 3.63) is 29.4 Å². The first kappa shape index (κ1) is 9.38. The van der Waals surface area contributed by atoms with Crippen LogP contribution in [0.3, 0.4) is 0 Å². The van der Waals surface area contributed by atoms with Crippen molar-refractivity contribution in [1.82, 2.24) is 25.9 Å². The van der Waals surface area contributed by atoms with Gasteiger partial charge in [-0.3, -0.25) is 4.79 Å². The summed E-state index contributed by atoms with van der Waals surface area (Å²) in [6.45, 7) is 2.10. The molecule has 0 radical (unpaired) electrons. The molecule has 78 valence electrons. The second-order valence-electron chi connectivity index (χ2n) is 2.97. The van der Waals surface area contributed by atoms with Crippen LogP contribution in [0.15, 0.2) is 16.8 Å². The van der Waals surface area contributed by atoms with Gasteiger partial charge in [-0.15, -0.1) is 0 Å². The number of H-pyrrole nitrogens is 1. The third-order valence-electron chi connectivity index (χ3n) is 1.75. The van der Waals surface area contributed by atoms with E-state index >= 15 is 0 Å². The van der Waals surface area contributed by atoms with Gasteiger partial charge in [-0.1, -0.05) is 5.16 Å². The SMILES string of the molecule is Cc1cc(CNC(=O)c2cn[nH]n2)no1. The van der Waals surface area contributed by atoms with Crippen molar-refractivity contribution < 1.29 is 9.32 Å². The monoisotopic (exact) mass is 207 g/mol. The molecule has 0 aliphatic carbocycles. The fraction of sp³-hybridized carbons (Fsp3) is 0.250. The number of aromatic amines is 1. The molecule has 2 rings (SSSR count). The van der Waals surface area contributed by atoms with Gasteiger partial charge in [-0.05, 0) is 6.92 Å².